The fourth-order valence-corrected chi connectivity index (χ4v) is 2.53. The Kier molecular flexibility index (Phi) is 6.66. The van der Waals surface area contributed by atoms with Gasteiger partial charge in [-0.05, 0) is 51.0 Å². The molecule has 2 aromatic rings. The number of allylic oxidation sites excluding steroid dienone is 3. The minimum absolute atomic E-state index is 0.0156. The number of ketones is 1. The van der Waals surface area contributed by atoms with Crippen LogP contribution in [0.15, 0.2) is 48.1 Å². The number of ether oxygens (including phenoxy) is 1. The van der Waals surface area contributed by atoms with Crippen molar-refractivity contribution in [2.24, 2.45) is 0 Å². The minimum atomic E-state index is -0.442. The predicted octanol–water partition coefficient (Wildman–Crippen LogP) is 4.61. The van der Waals surface area contributed by atoms with Crippen LogP contribution in [0, 0.1) is 0 Å². The number of carbonyl (C=O) groups excluding carboxylic acids is 1. The van der Waals surface area contributed by atoms with Crippen LogP contribution in [0.1, 0.15) is 42.3 Å². The van der Waals surface area contributed by atoms with E-state index in [0.717, 1.165) is 11.1 Å². The lowest BCUT2D eigenvalue weighted by molar-refractivity contribution is 0.104. The quantitative estimate of drug-likeness (QED) is 0.377. The van der Waals surface area contributed by atoms with Crippen LogP contribution in [-0.4, -0.2) is 27.7 Å². The standard InChI is InChI=1S/C22H24O5/c1-4-27-20-13-19(25)17(11-5-14(2)3)22(26)21(20)18(24)12-8-15-6-9-16(23)10-7-15/h5-10,12-13,23,25-26H,4,11H2,1-3H3. The molecule has 5 nitrogen and oxygen atoms in total. The summed E-state index contributed by atoms with van der Waals surface area (Å²) in [6.45, 7) is 5.87. The molecule has 0 radical (unpaired) electrons. The molecule has 3 N–H and O–H groups in total. The molecular formula is C22H24O5. The van der Waals surface area contributed by atoms with Crippen LogP contribution in [0.5, 0.6) is 23.0 Å². The smallest absolute Gasteiger partial charge is 0.193 e. The van der Waals surface area contributed by atoms with E-state index in [2.05, 4.69) is 0 Å². The molecule has 0 fully saturated rings. The van der Waals surface area contributed by atoms with Gasteiger partial charge in [-0.3, -0.25) is 4.79 Å². The van der Waals surface area contributed by atoms with Crippen molar-refractivity contribution in [2.45, 2.75) is 27.2 Å². The van der Waals surface area contributed by atoms with E-state index >= 15 is 0 Å². The van der Waals surface area contributed by atoms with Crippen molar-refractivity contribution in [3.8, 4) is 23.0 Å². The maximum Gasteiger partial charge on any atom is 0.193 e. The van der Waals surface area contributed by atoms with E-state index in [4.69, 9.17) is 4.74 Å². The fraction of sp³-hybridized carbons (Fsp3) is 0.227. The van der Waals surface area contributed by atoms with Crippen molar-refractivity contribution in [1.82, 2.24) is 0 Å². The highest BCUT2D eigenvalue weighted by atomic mass is 16.5. The molecular weight excluding hydrogens is 344 g/mol. The van der Waals surface area contributed by atoms with Gasteiger partial charge < -0.3 is 20.1 Å². The molecule has 0 amide bonds. The van der Waals surface area contributed by atoms with E-state index in [-0.39, 0.29) is 40.7 Å². The number of hydrogen-bond acceptors (Lipinski definition) is 5. The SMILES string of the molecule is CCOc1cc(O)c(CC=C(C)C)c(O)c1C(=O)C=Cc1ccc(O)cc1. The van der Waals surface area contributed by atoms with Gasteiger partial charge >= 0.3 is 0 Å². The number of carbonyl (C=O) groups is 1. The third-order valence-corrected chi connectivity index (χ3v) is 3.93. The molecule has 2 rings (SSSR count). The second kappa shape index (κ2) is 8.94. The molecule has 0 heterocycles. The number of benzene rings is 2. The summed E-state index contributed by atoms with van der Waals surface area (Å²) in [6.07, 6.45) is 5.06. The average molecular weight is 368 g/mol. The van der Waals surface area contributed by atoms with Crippen molar-refractivity contribution < 1.29 is 24.9 Å². The van der Waals surface area contributed by atoms with Gasteiger partial charge in [-0.2, -0.15) is 0 Å². The van der Waals surface area contributed by atoms with Gasteiger partial charge in [0.25, 0.3) is 0 Å². The predicted molar refractivity (Wildman–Crippen MR) is 106 cm³/mol. The summed E-state index contributed by atoms with van der Waals surface area (Å²) >= 11 is 0. The third-order valence-electron chi connectivity index (χ3n) is 3.93. The largest absolute Gasteiger partial charge is 0.508 e. The Morgan fingerprint density at radius 3 is 2.37 bits per heavy atom. The number of aromatic hydroxyl groups is 3. The maximum absolute atomic E-state index is 12.7. The molecule has 27 heavy (non-hydrogen) atoms. The van der Waals surface area contributed by atoms with Crippen LogP contribution in [-0.2, 0) is 6.42 Å². The Morgan fingerprint density at radius 1 is 1.11 bits per heavy atom. The molecule has 0 saturated heterocycles. The molecule has 142 valence electrons. The highest BCUT2D eigenvalue weighted by Gasteiger charge is 2.22. The zero-order valence-corrected chi connectivity index (χ0v) is 15.7. The summed E-state index contributed by atoms with van der Waals surface area (Å²) in [5.41, 5.74) is 2.05. The molecule has 0 aliphatic heterocycles. The highest BCUT2D eigenvalue weighted by Crippen LogP contribution is 2.39. The van der Waals surface area contributed by atoms with Crippen LogP contribution in [0.25, 0.3) is 6.08 Å². The lowest BCUT2D eigenvalue weighted by Crippen LogP contribution is -2.04. The molecule has 0 saturated carbocycles. The summed E-state index contributed by atoms with van der Waals surface area (Å²) in [5, 5.41) is 30.2. The van der Waals surface area contributed by atoms with E-state index < -0.39 is 5.78 Å². The van der Waals surface area contributed by atoms with Gasteiger partial charge in [-0.25, -0.2) is 0 Å². The van der Waals surface area contributed by atoms with Gasteiger partial charge in [0, 0.05) is 11.6 Å². The van der Waals surface area contributed by atoms with Crippen molar-refractivity contribution in [3.05, 3.63) is 64.7 Å². The van der Waals surface area contributed by atoms with Crippen LogP contribution in [0.3, 0.4) is 0 Å². The van der Waals surface area contributed by atoms with Gasteiger partial charge in [-0.15, -0.1) is 0 Å². The molecule has 0 unspecified atom stereocenters. The second-order valence-electron chi connectivity index (χ2n) is 6.30. The van der Waals surface area contributed by atoms with Gasteiger partial charge in [0.2, 0.25) is 0 Å². The van der Waals surface area contributed by atoms with Gasteiger partial charge in [-0.1, -0.05) is 29.9 Å². The Bertz CT molecular complexity index is 873. The fourth-order valence-electron chi connectivity index (χ4n) is 2.53. The maximum atomic E-state index is 12.7. The lowest BCUT2D eigenvalue weighted by Gasteiger charge is -2.14. The number of phenols is 3. The number of rotatable bonds is 7. The Morgan fingerprint density at radius 2 is 1.78 bits per heavy atom. The van der Waals surface area contributed by atoms with Gasteiger partial charge in [0.15, 0.2) is 5.78 Å². The Balaban J connectivity index is 2.45. The first-order valence-electron chi connectivity index (χ1n) is 8.68. The van der Waals surface area contributed by atoms with E-state index in [9.17, 15) is 20.1 Å². The normalized spacial score (nSPS) is 10.8. The summed E-state index contributed by atoms with van der Waals surface area (Å²) in [6, 6.07) is 7.73. The first-order chi connectivity index (χ1) is 12.8. The average Bonchev–Trinajstić information content (AvgIpc) is 2.60. The van der Waals surface area contributed by atoms with Gasteiger partial charge in [0.1, 0.15) is 28.6 Å². The number of phenolic OH excluding ortho intramolecular Hbond substituents is 3. The number of hydrogen-bond donors (Lipinski definition) is 3. The van der Waals surface area contributed by atoms with Crippen molar-refractivity contribution >= 4 is 11.9 Å². The third kappa shape index (κ3) is 5.14. The van der Waals surface area contributed by atoms with Crippen molar-refractivity contribution in [3.63, 3.8) is 0 Å². The van der Waals surface area contributed by atoms with Crippen molar-refractivity contribution in [1.29, 1.82) is 0 Å². The summed E-state index contributed by atoms with van der Waals surface area (Å²) in [5.74, 6) is -0.572. The summed E-state index contributed by atoms with van der Waals surface area (Å²) < 4.78 is 5.44. The molecule has 0 aromatic heterocycles. The Hall–Kier alpha value is -3.21. The summed E-state index contributed by atoms with van der Waals surface area (Å²) in [4.78, 5) is 12.7. The monoisotopic (exact) mass is 368 g/mol. The summed E-state index contributed by atoms with van der Waals surface area (Å²) in [7, 11) is 0. The first-order valence-corrected chi connectivity index (χ1v) is 8.68. The van der Waals surface area contributed by atoms with E-state index in [0.29, 0.717) is 6.42 Å². The van der Waals surface area contributed by atoms with E-state index in [1.807, 2.05) is 19.9 Å². The zero-order chi connectivity index (χ0) is 20.0. The Labute approximate surface area is 158 Å². The lowest BCUT2D eigenvalue weighted by atomic mass is 9.99. The van der Waals surface area contributed by atoms with Crippen molar-refractivity contribution in [2.75, 3.05) is 6.61 Å². The van der Waals surface area contributed by atoms with Crippen LogP contribution in [0.4, 0.5) is 0 Å². The molecule has 0 spiro atoms. The molecule has 0 aliphatic rings. The van der Waals surface area contributed by atoms with Crippen LogP contribution < -0.4 is 4.74 Å². The van der Waals surface area contributed by atoms with E-state index in [1.165, 1.54) is 24.3 Å². The zero-order valence-electron chi connectivity index (χ0n) is 15.7. The molecule has 5 heteroatoms. The second-order valence-corrected chi connectivity index (χ2v) is 6.30. The molecule has 0 aliphatic carbocycles. The first kappa shape index (κ1) is 20.1. The van der Waals surface area contributed by atoms with Gasteiger partial charge in [0.05, 0.1) is 6.61 Å². The topological polar surface area (TPSA) is 87.0 Å². The molecule has 2 aromatic carbocycles. The highest BCUT2D eigenvalue weighted by molar-refractivity contribution is 6.11. The van der Waals surface area contributed by atoms with Crippen LogP contribution >= 0.6 is 0 Å². The van der Waals surface area contributed by atoms with E-state index in [1.54, 1.807) is 25.1 Å². The minimum Gasteiger partial charge on any atom is -0.508 e. The molecule has 0 atom stereocenters. The molecule has 0 bridgehead atoms. The van der Waals surface area contributed by atoms with Crippen LogP contribution in [0.2, 0.25) is 0 Å².